The number of ether oxygens (including phenoxy) is 1. The van der Waals surface area contributed by atoms with E-state index in [2.05, 4.69) is 25.6 Å². The summed E-state index contributed by atoms with van der Waals surface area (Å²) in [5, 5.41) is 6.49. The number of nitrogens with one attached hydrogen (secondary N) is 2. The van der Waals surface area contributed by atoms with Crippen molar-refractivity contribution in [3.63, 3.8) is 0 Å². The van der Waals surface area contributed by atoms with Crippen molar-refractivity contribution in [1.82, 2.24) is 15.0 Å². The highest BCUT2D eigenvalue weighted by Gasteiger charge is 2.01. The zero-order valence-electron chi connectivity index (χ0n) is 12.7. The molecule has 6 heteroatoms. The summed E-state index contributed by atoms with van der Waals surface area (Å²) in [6.45, 7) is 0.656. The van der Waals surface area contributed by atoms with E-state index in [1.807, 2.05) is 48.7 Å². The fourth-order valence-electron chi connectivity index (χ4n) is 2.07. The summed E-state index contributed by atoms with van der Waals surface area (Å²) >= 11 is 0. The quantitative estimate of drug-likeness (QED) is 0.728. The molecule has 0 saturated carbocycles. The van der Waals surface area contributed by atoms with Gasteiger partial charge in [-0.3, -0.25) is 4.98 Å². The molecular formula is C17H17N5O. The Morgan fingerprint density at radius 2 is 1.96 bits per heavy atom. The molecule has 0 spiro atoms. The van der Waals surface area contributed by atoms with Gasteiger partial charge in [0.2, 0.25) is 0 Å². The van der Waals surface area contributed by atoms with Crippen molar-refractivity contribution in [3.8, 4) is 5.75 Å². The van der Waals surface area contributed by atoms with Gasteiger partial charge >= 0.3 is 0 Å². The smallest absolute Gasteiger partial charge is 0.135 e. The third-order valence-electron chi connectivity index (χ3n) is 3.21. The predicted octanol–water partition coefficient (Wildman–Crippen LogP) is 3.24. The average Bonchev–Trinajstić information content (AvgIpc) is 2.61. The maximum Gasteiger partial charge on any atom is 0.135 e. The normalized spacial score (nSPS) is 10.1. The second-order valence-electron chi connectivity index (χ2n) is 4.86. The van der Waals surface area contributed by atoms with E-state index < -0.39 is 0 Å². The predicted molar refractivity (Wildman–Crippen MR) is 89.9 cm³/mol. The van der Waals surface area contributed by atoms with Crippen LogP contribution < -0.4 is 15.4 Å². The van der Waals surface area contributed by atoms with Crippen LogP contribution in [0.25, 0.3) is 0 Å². The number of pyridine rings is 1. The lowest BCUT2D eigenvalue weighted by Crippen LogP contribution is -2.03. The monoisotopic (exact) mass is 307 g/mol. The first-order valence-electron chi connectivity index (χ1n) is 7.19. The van der Waals surface area contributed by atoms with Crippen molar-refractivity contribution >= 4 is 17.3 Å². The van der Waals surface area contributed by atoms with E-state index in [1.165, 1.54) is 6.33 Å². The Labute approximate surface area is 134 Å². The van der Waals surface area contributed by atoms with Crippen LogP contribution >= 0.6 is 0 Å². The number of benzene rings is 1. The molecule has 0 aliphatic heterocycles. The number of aromatic nitrogens is 3. The molecule has 23 heavy (non-hydrogen) atoms. The summed E-state index contributed by atoms with van der Waals surface area (Å²) in [6.07, 6.45) is 5.10. The van der Waals surface area contributed by atoms with Crippen LogP contribution in [0.5, 0.6) is 5.75 Å². The minimum Gasteiger partial charge on any atom is -0.497 e. The maximum absolute atomic E-state index is 5.21. The topological polar surface area (TPSA) is 72.0 Å². The Bertz CT molecular complexity index is 764. The lowest BCUT2D eigenvalue weighted by atomic mass is 10.3. The Kier molecular flexibility index (Phi) is 4.63. The van der Waals surface area contributed by atoms with Gasteiger partial charge < -0.3 is 15.4 Å². The molecule has 0 radical (unpaired) electrons. The van der Waals surface area contributed by atoms with Crippen molar-refractivity contribution < 1.29 is 4.74 Å². The molecule has 3 aromatic rings. The number of hydrogen-bond acceptors (Lipinski definition) is 6. The molecule has 6 nitrogen and oxygen atoms in total. The largest absolute Gasteiger partial charge is 0.497 e. The Balaban J connectivity index is 1.67. The van der Waals surface area contributed by atoms with E-state index in [9.17, 15) is 0 Å². The number of anilines is 3. The lowest BCUT2D eigenvalue weighted by molar-refractivity contribution is 0.415. The minimum atomic E-state index is 0.656. The van der Waals surface area contributed by atoms with E-state index in [0.717, 1.165) is 22.8 Å². The molecule has 0 bridgehead atoms. The van der Waals surface area contributed by atoms with E-state index in [-0.39, 0.29) is 0 Å². The van der Waals surface area contributed by atoms with Crippen LogP contribution in [0.3, 0.4) is 0 Å². The van der Waals surface area contributed by atoms with Gasteiger partial charge in [-0.2, -0.15) is 0 Å². The highest BCUT2D eigenvalue weighted by atomic mass is 16.5. The molecule has 0 aliphatic carbocycles. The van der Waals surface area contributed by atoms with Crippen LogP contribution in [-0.4, -0.2) is 22.1 Å². The van der Waals surface area contributed by atoms with Gasteiger partial charge in [-0.25, -0.2) is 9.97 Å². The molecule has 0 aliphatic rings. The molecule has 0 saturated heterocycles. The molecule has 0 amide bonds. The van der Waals surface area contributed by atoms with Crippen molar-refractivity contribution in [2.24, 2.45) is 0 Å². The first-order chi connectivity index (χ1) is 11.3. The number of nitrogens with zero attached hydrogens (tertiary/aromatic N) is 3. The van der Waals surface area contributed by atoms with Crippen molar-refractivity contribution in [2.75, 3.05) is 17.7 Å². The molecule has 1 aromatic carbocycles. The van der Waals surface area contributed by atoms with Crippen LogP contribution in [0.4, 0.5) is 17.3 Å². The first kappa shape index (κ1) is 14.8. The summed E-state index contributed by atoms with van der Waals surface area (Å²) in [5.74, 6) is 2.25. The maximum atomic E-state index is 5.21. The van der Waals surface area contributed by atoms with Crippen molar-refractivity contribution in [1.29, 1.82) is 0 Å². The van der Waals surface area contributed by atoms with Crippen LogP contribution in [-0.2, 0) is 6.54 Å². The minimum absolute atomic E-state index is 0.656. The van der Waals surface area contributed by atoms with Gasteiger partial charge in [0.05, 0.1) is 7.11 Å². The third kappa shape index (κ3) is 4.16. The molecule has 0 unspecified atom stereocenters. The van der Waals surface area contributed by atoms with Gasteiger partial charge in [0, 0.05) is 36.8 Å². The summed E-state index contributed by atoms with van der Waals surface area (Å²) < 4.78 is 5.21. The number of rotatable bonds is 6. The van der Waals surface area contributed by atoms with E-state index in [1.54, 1.807) is 13.3 Å². The molecule has 0 fully saturated rings. The number of hydrogen-bond donors (Lipinski definition) is 2. The molecule has 2 aromatic heterocycles. The van der Waals surface area contributed by atoms with Gasteiger partial charge in [-0.1, -0.05) is 12.1 Å². The van der Waals surface area contributed by atoms with Gasteiger partial charge in [-0.15, -0.1) is 0 Å². The molecule has 0 atom stereocenters. The lowest BCUT2D eigenvalue weighted by Gasteiger charge is -2.09. The van der Waals surface area contributed by atoms with Gasteiger partial charge in [-0.05, 0) is 23.8 Å². The van der Waals surface area contributed by atoms with Gasteiger partial charge in [0.25, 0.3) is 0 Å². The fraction of sp³-hybridized carbons (Fsp3) is 0.118. The average molecular weight is 307 g/mol. The summed E-state index contributed by atoms with van der Waals surface area (Å²) in [6, 6.07) is 13.5. The molecule has 116 valence electrons. The second-order valence-corrected chi connectivity index (χ2v) is 4.86. The summed E-state index contributed by atoms with van der Waals surface area (Å²) in [4.78, 5) is 12.5. The zero-order chi connectivity index (χ0) is 15.9. The first-order valence-corrected chi connectivity index (χ1v) is 7.19. The Morgan fingerprint density at radius 3 is 2.78 bits per heavy atom. The van der Waals surface area contributed by atoms with Gasteiger partial charge in [0.15, 0.2) is 0 Å². The van der Waals surface area contributed by atoms with Crippen LogP contribution in [0.15, 0.2) is 61.2 Å². The number of methoxy groups -OCH3 is 1. The molecular weight excluding hydrogens is 290 g/mol. The highest BCUT2D eigenvalue weighted by Crippen LogP contribution is 2.21. The second kappa shape index (κ2) is 7.22. The summed E-state index contributed by atoms with van der Waals surface area (Å²) in [5.41, 5.74) is 2.00. The van der Waals surface area contributed by atoms with Crippen molar-refractivity contribution in [2.45, 2.75) is 6.54 Å². The molecule has 3 rings (SSSR count). The fourth-order valence-corrected chi connectivity index (χ4v) is 2.07. The highest BCUT2D eigenvalue weighted by molar-refractivity contribution is 5.60. The summed E-state index contributed by atoms with van der Waals surface area (Å²) in [7, 11) is 1.64. The van der Waals surface area contributed by atoms with Crippen LogP contribution in [0, 0.1) is 0 Å². The molecule has 2 heterocycles. The Morgan fingerprint density at radius 1 is 1.04 bits per heavy atom. The third-order valence-corrected chi connectivity index (χ3v) is 3.21. The van der Waals surface area contributed by atoms with E-state index >= 15 is 0 Å². The van der Waals surface area contributed by atoms with Crippen molar-refractivity contribution in [3.05, 3.63) is 66.7 Å². The van der Waals surface area contributed by atoms with Crippen LogP contribution in [0.1, 0.15) is 5.56 Å². The van der Waals surface area contributed by atoms with Crippen LogP contribution in [0.2, 0.25) is 0 Å². The van der Waals surface area contributed by atoms with E-state index in [4.69, 9.17) is 4.74 Å². The SMILES string of the molecule is COc1cccc(Nc2cc(NCc3cccnc3)ncn2)c1. The standard InChI is InChI=1S/C17H17N5O/c1-23-15-6-2-5-14(8-15)22-17-9-16(20-12-21-17)19-11-13-4-3-7-18-10-13/h2-10,12H,11H2,1H3,(H2,19,20,21,22). The zero-order valence-corrected chi connectivity index (χ0v) is 12.7. The molecule has 2 N–H and O–H groups in total. The Hall–Kier alpha value is -3.15. The van der Waals surface area contributed by atoms with Gasteiger partial charge in [0.1, 0.15) is 23.7 Å². The van der Waals surface area contributed by atoms with E-state index in [0.29, 0.717) is 12.4 Å².